The van der Waals surface area contributed by atoms with Gasteiger partial charge in [-0.3, -0.25) is 0 Å². The Morgan fingerprint density at radius 3 is 2.67 bits per heavy atom. The number of fused-ring (bicyclic) bond motifs is 1. The molecule has 1 aliphatic rings. The van der Waals surface area contributed by atoms with Crippen molar-refractivity contribution in [2.45, 2.75) is 12.6 Å². The van der Waals surface area contributed by atoms with Gasteiger partial charge in [-0.05, 0) is 29.3 Å². The summed E-state index contributed by atoms with van der Waals surface area (Å²) >= 11 is 0. The summed E-state index contributed by atoms with van der Waals surface area (Å²) in [6, 6.07) is 13.1. The summed E-state index contributed by atoms with van der Waals surface area (Å²) in [5, 5.41) is 3.03. The number of nitrogens with zero attached hydrogens (tertiary/aromatic N) is 4. The van der Waals surface area contributed by atoms with Gasteiger partial charge in [0.25, 0.3) is 0 Å². The molecule has 0 saturated heterocycles. The molecule has 3 aromatic rings. The van der Waals surface area contributed by atoms with Crippen LogP contribution < -0.4 is 11.1 Å². The number of nitrogens with one attached hydrogen (secondary N) is 1. The zero-order chi connectivity index (χ0) is 18.6. The van der Waals surface area contributed by atoms with E-state index in [1.807, 2.05) is 53.6 Å². The van der Waals surface area contributed by atoms with Crippen LogP contribution in [0.5, 0.6) is 0 Å². The number of rotatable bonds is 5. The lowest BCUT2D eigenvalue weighted by atomic mass is 9.97. The number of hydrogen-bond acceptors (Lipinski definition) is 7. The van der Waals surface area contributed by atoms with Gasteiger partial charge in [-0.15, -0.1) is 0 Å². The standard InChI is InChI=1S/C20H18N6O/c21-19-18-15(11-17(24-19)25-20-22-8-4-9-23-20)7-10-26(16(18)13-27)12-14-5-2-1-3-6-14/h1-11,13,16H,12H2,(H3,21,22,23,24,25). The Balaban J connectivity index is 1.64. The first-order valence-corrected chi connectivity index (χ1v) is 8.52. The van der Waals surface area contributed by atoms with Gasteiger partial charge in [0, 0.05) is 30.7 Å². The number of carbonyl (C=O) groups excluding carboxylic acids is 1. The van der Waals surface area contributed by atoms with Crippen LogP contribution in [-0.4, -0.2) is 26.1 Å². The van der Waals surface area contributed by atoms with Gasteiger partial charge in [-0.25, -0.2) is 15.0 Å². The van der Waals surface area contributed by atoms with Gasteiger partial charge in [0.05, 0.1) is 0 Å². The minimum Gasteiger partial charge on any atom is -0.383 e. The van der Waals surface area contributed by atoms with Gasteiger partial charge < -0.3 is 20.7 Å². The number of pyridine rings is 1. The summed E-state index contributed by atoms with van der Waals surface area (Å²) in [7, 11) is 0. The summed E-state index contributed by atoms with van der Waals surface area (Å²) in [5.74, 6) is 1.27. The van der Waals surface area contributed by atoms with Crippen LogP contribution >= 0.6 is 0 Å². The number of anilines is 3. The van der Waals surface area contributed by atoms with Crippen molar-refractivity contribution in [3.63, 3.8) is 0 Å². The number of aldehydes is 1. The molecule has 7 heteroatoms. The number of nitrogens with two attached hydrogens (primary N) is 1. The molecule has 0 radical (unpaired) electrons. The van der Waals surface area contributed by atoms with Crippen LogP contribution in [0.15, 0.2) is 61.1 Å². The Kier molecular flexibility index (Phi) is 4.49. The van der Waals surface area contributed by atoms with Crippen molar-refractivity contribution < 1.29 is 4.79 Å². The lowest BCUT2D eigenvalue weighted by molar-refractivity contribution is -0.112. The second kappa shape index (κ2) is 7.25. The average molecular weight is 358 g/mol. The molecule has 134 valence electrons. The highest BCUT2D eigenvalue weighted by molar-refractivity contribution is 5.76. The molecular formula is C20H18N6O. The quantitative estimate of drug-likeness (QED) is 0.677. The van der Waals surface area contributed by atoms with Gasteiger partial charge in [0.2, 0.25) is 5.95 Å². The summed E-state index contributed by atoms with van der Waals surface area (Å²) in [6.45, 7) is 0.609. The van der Waals surface area contributed by atoms with Crippen molar-refractivity contribution in [1.29, 1.82) is 0 Å². The van der Waals surface area contributed by atoms with E-state index in [9.17, 15) is 4.79 Å². The number of hydrogen-bond donors (Lipinski definition) is 2. The fourth-order valence-electron chi connectivity index (χ4n) is 3.12. The summed E-state index contributed by atoms with van der Waals surface area (Å²) < 4.78 is 0. The molecule has 1 aliphatic heterocycles. The average Bonchev–Trinajstić information content (AvgIpc) is 2.70. The monoisotopic (exact) mass is 358 g/mol. The van der Waals surface area contributed by atoms with Crippen LogP contribution in [0.4, 0.5) is 17.6 Å². The van der Waals surface area contributed by atoms with E-state index < -0.39 is 6.04 Å². The number of carbonyl (C=O) groups is 1. The molecular weight excluding hydrogens is 340 g/mol. The fourth-order valence-corrected chi connectivity index (χ4v) is 3.12. The molecule has 0 amide bonds. The Morgan fingerprint density at radius 1 is 1.15 bits per heavy atom. The van der Waals surface area contributed by atoms with Gasteiger partial charge >= 0.3 is 0 Å². The van der Waals surface area contributed by atoms with Gasteiger partial charge in [0.15, 0.2) is 0 Å². The molecule has 27 heavy (non-hydrogen) atoms. The van der Waals surface area contributed by atoms with Crippen LogP contribution in [0, 0.1) is 0 Å². The van der Waals surface area contributed by atoms with Crippen LogP contribution in [0.1, 0.15) is 22.7 Å². The first-order chi connectivity index (χ1) is 13.2. The lowest BCUT2D eigenvalue weighted by Gasteiger charge is -2.32. The first-order valence-electron chi connectivity index (χ1n) is 8.52. The maximum atomic E-state index is 11.9. The lowest BCUT2D eigenvalue weighted by Crippen LogP contribution is -2.28. The molecule has 3 N–H and O–H groups in total. The van der Waals surface area contributed by atoms with Crippen LogP contribution in [-0.2, 0) is 11.3 Å². The van der Waals surface area contributed by atoms with Crippen molar-refractivity contribution >= 4 is 29.9 Å². The second-order valence-electron chi connectivity index (χ2n) is 6.15. The van der Waals surface area contributed by atoms with Gasteiger partial charge in [0.1, 0.15) is 24.0 Å². The fraction of sp³-hybridized carbons (Fsp3) is 0.100. The van der Waals surface area contributed by atoms with E-state index >= 15 is 0 Å². The topological polar surface area (TPSA) is 97.0 Å². The Hall–Kier alpha value is -3.74. The van der Waals surface area contributed by atoms with E-state index in [-0.39, 0.29) is 0 Å². The second-order valence-corrected chi connectivity index (χ2v) is 6.15. The van der Waals surface area contributed by atoms with Crippen LogP contribution in [0.2, 0.25) is 0 Å². The maximum Gasteiger partial charge on any atom is 0.228 e. The molecule has 2 aromatic heterocycles. The zero-order valence-electron chi connectivity index (χ0n) is 14.5. The third kappa shape index (κ3) is 3.48. The first kappa shape index (κ1) is 16.7. The van der Waals surface area contributed by atoms with E-state index in [1.165, 1.54) is 0 Å². The van der Waals surface area contributed by atoms with Crippen molar-refractivity contribution in [2.24, 2.45) is 0 Å². The van der Waals surface area contributed by atoms with Gasteiger partial charge in [-0.2, -0.15) is 0 Å². The molecule has 7 nitrogen and oxygen atoms in total. The predicted molar refractivity (Wildman–Crippen MR) is 104 cm³/mol. The summed E-state index contributed by atoms with van der Waals surface area (Å²) in [6.07, 6.45) is 8.03. The van der Waals surface area contributed by atoms with Gasteiger partial charge in [-0.1, -0.05) is 30.3 Å². The highest BCUT2D eigenvalue weighted by Gasteiger charge is 2.27. The van der Waals surface area contributed by atoms with Crippen molar-refractivity contribution in [3.8, 4) is 0 Å². The number of nitrogen functional groups attached to an aromatic ring is 1. The van der Waals surface area contributed by atoms with Crippen molar-refractivity contribution in [2.75, 3.05) is 11.1 Å². The SMILES string of the molecule is Nc1nc(Nc2ncccn2)cc2c1C(C=O)N(Cc1ccccc1)C=C2. The van der Waals surface area contributed by atoms with E-state index in [0.717, 1.165) is 17.4 Å². The largest absolute Gasteiger partial charge is 0.383 e. The maximum absolute atomic E-state index is 11.9. The minimum absolute atomic E-state index is 0.311. The molecule has 0 saturated carbocycles. The zero-order valence-corrected chi connectivity index (χ0v) is 14.5. The molecule has 0 bridgehead atoms. The predicted octanol–water partition coefficient (Wildman–Crippen LogP) is 2.92. The molecule has 0 fully saturated rings. The Bertz CT molecular complexity index is 975. The molecule has 0 aliphatic carbocycles. The molecule has 1 unspecified atom stereocenters. The van der Waals surface area contributed by atoms with E-state index in [0.29, 0.717) is 29.7 Å². The molecule has 1 atom stereocenters. The third-order valence-electron chi connectivity index (χ3n) is 4.36. The highest BCUT2D eigenvalue weighted by atomic mass is 16.1. The third-order valence-corrected chi connectivity index (χ3v) is 4.36. The van der Waals surface area contributed by atoms with Crippen LogP contribution in [0.3, 0.4) is 0 Å². The highest BCUT2D eigenvalue weighted by Crippen LogP contribution is 2.35. The van der Waals surface area contributed by atoms with E-state index in [4.69, 9.17) is 5.73 Å². The van der Waals surface area contributed by atoms with Crippen LogP contribution in [0.25, 0.3) is 6.08 Å². The van der Waals surface area contributed by atoms with E-state index in [2.05, 4.69) is 20.3 Å². The summed E-state index contributed by atoms with van der Waals surface area (Å²) in [5.41, 5.74) is 8.88. The molecule has 1 aromatic carbocycles. The van der Waals surface area contributed by atoms with Crippen molar-refractivity contribution in [3.05, 3.63) is 77.7 Å². The number of aromatic nitrogens is 3. The molecule has 3 heterocycles. The minimum atomic E-state index is -0.486. The Labute approximate surface area is 156 Å². The van der Waals surface area contributed by atoms with E-state index in [1.54, 1.807) is 18.5 Å². The Morgan fingerprint density at radius 2 is 1.93 bits per heavy atom. The summed E-state index contributed by atoms with van der Waals surface area (Å²) in [4.78, 5) is 26.4. The normalized spacial score (nSPS) is 15.3. The number of benzene rings is 1. The smallest absolute Gasteiger partial charge is 0.228 e. The molecule has 4 rings (SSSR count). The molecule has 0 spiro atoms. The van der Waals surface area contributed by atoms with Crippen molar-refractivity contribution in [1.82, 2.24) is 19.9 Å².